The molecule has 12 heavy (non-hydrogen) atoms. The number of rotatable bonds is 3. The summed E-state index contributed by atoms with van der Waals surface area (Å²) in [4.78, 5) is 0. The summed E-state index contributed by atoms with van der Waals surface area (Å²) in [6, 6.07) is 6.16. The van der Waals surface area contributed by atoms with E-state index >= 15 is 0 Å². The smallest absolute Gasteiger partial charge is 0.0455 e. The maximum absolute atomic E-state index is 3.73. The quantitative estimate of drug-likeness (QED) is 0.714. The Labute approximate surface area is 73.4 Å². The van der Waals surface area contributed by atoms with Gasteiger partial charge in [0.2, 0.25) is 0 Å². The first-order valence-corrected chi connectivity index (χ1v) is 3.88. The van der Waals surface area contributed by atoms with Gasteiger partial charge in [-0.25, -0.2) is 0 Å². The molecule has 0 heterocycles. The van der Waals surface area contributed by atoms with Crippen molar-refractivity contribution in [1.29, 1.82) is 0 Å². The largest absolute Gasteiger partial charge is 0.362 e. The van der Waals surface area contributed by atoms with E-state index in [1.54, 1.807) is 6.20 Å². The number of hydrogen-bond donors (Lipinski definition) is 1. The van der Waals surface area contributed by atoms with Gasteiger partial charge in [-0.3, -0.25) is 0 Å². The fourth-order valence-electron chi connectivity index (χ4n) is 1.08. The molecule has 0 aliphatic carbocycles. The highest BCUT2D eigenvalue weighted by atomic mass is 14.8. The minimum absolute atomic E-state index is 1.06. The van der Waals surface area contributed by atoms with Gasteiger partial charge in [0.1, 0.15) is 0 Å². The van der Waals surface area contributed by atoms with Crippen LogP contribution in [0.3, 0.4) is 0 Å². The molecular weight excluding hydrogens is 146 g/mol. The zero-order valence-electron chi connectivity index (χ0n) is 7.30. The van der Waals surface area contributed by atoms with E-state index in [-0.39, 0.29) is 0 Å². The SMILES string of the molecule is C=CNc1cc(C)ccc1C=C. The van der Waals surface area contributed by atoms with Gasteiger partial charge in [-0.05, 0) is 30.3 Å². The molecule has 0 amide bonds. The van der Waals surface area contributed by atoms with Crippen molar-refractivity contribution in [1.82, 2.24) is 0 Å². The minimum atomic E-state index is 1.06. The van der Waals surface area contributed by atoms with E-state index in [1.807, 2.05) is 12.1 Å². The van der Waals surface area contributed by atoms with Crippen LogP contribution in [0.25, 0.3) is 6.08 Å². The maximum Gasteiger partial charge on any atom is 0.0455 e. The molecule has 0 fully saturated rings. The summed E-state index contributed by atoms with van der Waals surface area (Å²) < 4.78 is 0. The van der Waals surface area contributed by atoms with Gasteiger partial charge < -0.3 is 5.32 Å². The molecule has 0 spiro atoms. The zero-order chi connectivity index (χ0) is 8.97. The average molecular weight is 159 g/mol. The van der Waals surface area contributed by atoms with Gasteiger partial charge in [-0.1, -0.05) is 31.4 Å². The van der Waals surface area contributed by atoms with E-state index in [2.05, 4.69) is 37.5 Å². The first-order chi connectivity index (χ1) is 5.77. The van der Waals surface area contributed by atoms with E-state index in [0.717, 1.165) is 11.3 Å². The van der Waals surface area contributed by atoms with Gasteiger partial charge in [0.15, 0.2) is 0 Å². The zero-order valence-corrected chi connectivity index (χ0v) is 7.30. The van der Waals surface area contributed by atoms with Crippen molar-refractivity contribution in [2.24, 2.45) is 0 Å². The highest BCUT2D eigenvalue weighted by molar-refractivity contribution is 5.67. The molecule has 0 unspecified atom stereocenters. The van der Waals surface area contributed by atoms with Crippen LogP contribution in [0.4, 0.5) is 5.69 Å². The van der Waals surface area contributed by atoms with Crippen LogP contribution < -0.4 is 5.32 Å². The summed E-state index contributed by atoms with van der Waals surface area (Å²) in [5, 5.41) is 3.06. The maximum atomic E-state index is 3.73. The summed E-state index contributed by atoms with van der Waals surface area (Å²) in [7, 11) is 0. The minimum Gasteiger partial charge on any atom is -0.362 e. The van der Waals surface area contributed by atoms with Crippen molar-refractivity contribution in [3.8, 4) is 0 Å². The van der Waals surface area contributed by atoms with Crippen LogP contribution in [0, 0.1) is 6.92 Å². The summed E-state index contributed by atoms with van der Waals surface area (Å²) in [5.74, 6) is 0. The molecule has 0 aliphatic rings. The Kier molecular flexibility index (Phi) is 2.70. The molecule has 1 heteroatoms. The van der Waals surface area contributed by atoms with Gasteiger partial charge in [-0.2, -0.15) is 0 Å². The van der Waals surface area contributed by atoms with E-state index < -0.39 is 0 Å². The van der Waals surface area contributed by atoms with Gasteiger partial charge in [-0.15, -0.1) is 0 Å². The second-order valence-corrected chi connectivity index (χ2v) is 2.64. The predicted molar refractivity (Wildman–Crippen MR) is 55.1 cm³/mol. The molecule has 1 rings (SSSR count). The van der Waals surface area contributed by atoms with Crippen molar-refractivity contribution in [3.05, 3.63) is 48.7 Å². The molecule has 0 atom stereocenters. The fourth-order valence-corrected chi connectivity index (χ4v) is 1.08. The molecule has 1 aromatic carbocycles. The second kappa shape index (κ2) is 3.77. The second-order valence-electron chi connectivity index (χ2n) is 2.64. The van der Waals surface area contributed by atoms with E-state index in [1.165, 1.54) is 5.56 Å². The molecule has 1 nitrogen and oxygen atoms in total. The lowest BCUT2D eigenvalue weighted by atomic mass is 10.1. The summed E-state index contributed by atoms with van der Waals surface area (Å²) in [6.07, 6.45) is 3.49. The third kappa shape index (κ3) is 1.76. The standard InChI is InChI=1S/C11H13N/c1-4-10-7-6-9(3)8-11(10)12-5-2/h4-8,12H,1-2H2,3H3. The Morgan fingerprint density at radius 1 is 1.33 bits per heavy atom. The van der Waals surface area contributed by atoms with Crippen LogP contribution in [-0.4, -0.2) is 0 Å². The monoisotopic (exact) mass is 159 g/mol. The Balaban J connectivity index is 3.11. The van der Waals surface area contributed by atoms with Crippen LogP contribution >= 0.6 is 0 Å². The number of hydrogen-bond acceptors (Lipinski definition) is 1. The highest BCUT2D eigenvalue weighted by Crippen LogP contribution is 2.18. The lowest BCUT2D eigenvalue weighted by Gasteiger charge is -2.05. The molecule has 62 valence electrons. The normalized spacial score (nSPS) is 9.08. The van der Waals surface area contributed by atoms with Crippen LogP contribution in [0.2, 0.25) is 0 Å². The molecule has 1 N–H and O–H groups in total. The Morgan fingerprint density at radius 3 is 2.67 bits per heavy atom. The number of anilines is 1. The van der Waals surface area contributed by atoms with Crippen LogP contribution in [0.5, 0.6) is 0 Å². The summed E-state index contributed by atoms with van der Waals surface area (Å²) in [5.41, 5.74) is 3.38. The molecule has 0 aromatic heterocycles. The lowest BCUT2D eigenvalue weighted by Crippen LogP contribution is -1.90. The van der Waals surface area contributed by atoms with Gasteiger partial charge in [0.25, 0.3) is 0 Å². The average Bonchev–Trinajstić information content (AvgIpc) is 2.05. The van der Waals surface area contributed by atoms with E-state index in [0.29, 0.717) is 0 Å². The van der Waals surface area contributed by atoms with Crippen LogP contribution in [0.15, 0.2) is 37.6 Å². The summed E-state index contributed by atoms with van der Waals surface area (Å²) in [6.45, 7) is 9.40. The number of nitrogens with one attached hydrogen (secondary N) is 1. The first kappa shape index (κ1) is 8.60. The third-order valence-corrected chi connectivity index (χ3v) is 1.69. The van der Waals surface area contributed by atoms with Crippen molar-refractivity contribution < 1.29 is 0 Å². The van der Waals surface area contributed by atoms with Gasteiger partial charge >= 0.3 is 0 Å². The molecule has 0 bridgehead atoms. The summed E-state index contributed by atoms with van der Waals surface area (Å²) >= 11 is 0. The van der Waals surface area contributed by atoms with Crippen LogP contribution in [-0.2, 0) is 0 Å². The Morgan fingerprint density at radius 2 is 2.08 bits per heavy atom. The molecule has 0 saturated heterocycles. The number of aryl methyl sites for hydroxylation is 1. The molecule has 1 aromatic rings. The molecule has 0 radical (unpaired) electrons. The van der Waals surface area contributed by atoms with E-state index in [9.17, 15) is 0 Å². The topological polar surface area (TPSA) is 12.0 Å². The van der Waals surface area contributed by atoms with Crippen molar-refractivity contribution >= 4 is 11.8 Å². The highest BCUT2D eigenvalue weighted by Gasteiger charge is 1.95. The molecular formula is C11H13N. The van der Waals surface area contributed by atoms with E-state index in [4.69, 9.17) is 0 Å². The molecule has 0 aliphatic heterocycles. The van der Waals surface area contributed by atoms with Crippen molar-refractivity contribution in [2.75, 3.05) is 5.32 Å². The predicted octanol–water partition coefficient (Wildman–Crippen LogP) is 3.19. The first-order valence-electron chi connectivity index (χ1n) is 3.88. The molecule has 0 saturated carbocycles. The van der Waals surface area contributed by atoms with Gasteiger partial charge in [0, 0.05) is 5.69 Å². The van der Waals surface area contributed by atoms with Crippen LogP contribution in [0.1, 0.15) is 11.1 Å². The van der Waals surface area contributed by atoms with Crippen molar-refractivity contribution in [2.45, 2.75) is 6.92 Å². The van der Waals surface area contributed by atoms with Crippen molar-refractivity contribution in [3.63, 3.8) is 0 Å². The Bertz CT molecular complexity index is 300. The third-order valence-electron chi connectivity index (χ3n) is 1.69. The van der Waals surface area contributed by atoms with Gasteiger partial charge in [0.05, 0.1) is 0 Å². The fraction of sp³-hybridized carbons (Fsp3) is 0.0909. The number of benzene rings is 1. The Hall–Kier alpha value is -1.50. The lowest BCUT2D eigenvalue weighted by molar-refractivity contribution is 1.44.